The van der Waals surface area contributed by atoms with Gasteiger partial charge in [0.2, 0.25) is 0 Å². The molecule has 2 heteroatoms. The van der Waals surface area contributed by atoms with Crippen LogP contribution in [0.3, 0.4) is 0 Å². The number of ether oxygens (including phenoxy) is 1. The molecule has 0 aromatic carbocycles. The molecule has 0 amide bonds. The zero-order valence-corrected chi connectivity index (χ0v) is 9.21. The fourth-order valence-corrected chi connectivity index (χ4v) is 1.82. The molecule has 0 spiro atoms. The molecule has 1 aliphatic carbocycles. The summed E-state index contributed by atoms with van der Waals surface area (Å²) in [5, 5.41) is 0. The van der Waals surface area contributed by atoms with Gasteiger partial charge in [0, 0.05) is 5.57 Å². The summed E-state index contributed by atoms with van der Waals surface area (Å²) in [6, 6.07) is 0. The molecular formula is C12H20O2. The highest BCUT2D eigenvalue weighted by atomic mass is 16.5. The van der Waals surface area contributed by atoms with E-state index in [1.807, 2.05) is 19.9 Å². The van der Waals surface area contributed by atoms with Crippen LogP contribution < -0.4 is 0 Å². The fourth-order valence-electron chi connectivity index (χ4n) is 1.82. The lowest BCUT2D eigenvalue weighted by Crippen LogP contribution is -2.21. The normalized spacial score (nSPS) is 19.4. The lowest BCUT2D eigenvalue weighted by molar-refractivity contribution is -0.145. The van der Waals surface area contributed by atoms with Crippen LogP contribution in [-0.2, 0) is 9.53 Å². The Hall–Kier alpha value is -0.790. The Balaban J connectivity index is 2.35. The van der Waals surface area contributed by atoms with Crippen molar-refractivity contribution in [2.75, 3.05) is 0 Å². The van der Waals surface area contributed by atoms with Crippen LogP contribution in [0.1, 0.15) is 52.4 Å². The Bertz CT molecular complexity index is 212. The van der Waals surface area contributed by atoms with Gasteiger partial charge in [0.15, 0.2) is 0 Å². The van der Waals surface area contributed by atoms with Crippen molar-refractivity contribution in [2.45, 2.75) is 58.5 Å². The maximum Gasteiger partial charge on any atom is 0.333 e. The first kappa shape index (κ1) is 11.3. The Morgan fingerprint density at radius 2 is 2.00 bits per heavy atom. The molecule has 0 aliphatic heterocycles. The zero-order chi connectivity index (χ0) is 10.4. The minimum atomic E-state index is -0.126. The van der Waals surface area contributed by atoms with Crippen LogP contribution in [0.5, 0.6) is 0 Å². The van der Waals surface area contributed by atoms with E-state index < -0.39 is 0 Å². The van der Waals surface area contributed by atoms with Gasteiger partial charge in [-0.15, -0.1) is 0 Å². The van der Waals surface area contributed by atoms with Gasteiger partial charge in [-0.1, -0.05) is 19.4 Å². The summed E-state index contributed by atoms with van der Waals surface area (Å²) < 4.78 is 5.40. The molecular weight excluding hydrogens is 176 g/mol. The summed E-state index contributed by atoms with van der Waals surface area (Å²) in [6.07, 6.45) is 8.78. The van der Waals surface area contributed by atoms with Gasteiger partial charge in [0.25, 0.3) is 0 Å². The maximum atomic E-state index is 11.5. The van der Waals surface area contributed by atoms with E-state index in [2.05, 4.69) is 0 Å². The van der Waals surface area contributed by atoms with Crippen molar-refractivity contribution in [3.8, 4) is 0 Å². The van der Waals surface area contributed by atoms with Crippen molar-refractivity contribution in [3.05, 3.63) is 11.6 Å². The number of rotatable bonds is 3. The van der Waals surface area contributed by atoms with E-state index in [4.69, 9.17) is 4.74 Å². The van der Waals surface area contributed by atoms with Gasteiger partial charge in [-0.05, 0) is 39.0 Å². The second kappa shape index (κ2) is 5.84. The van der Waals surface area contributed by atoms with Crippen molar-refractivity contribution >= 4 is 5.97 Å². The van der Waals surface area contributed by atoms with Crippen LogP contribution in [-0.4, -0.2) is 12.1 Å². The average Bonchev–Trinajstić information content (AvgIpc) is 2.19. The average molecular weight is 196 g/mol. The number of carbonyl (C=O) groups is 1. The second-order valence-electron chi connectivity index (χ2n) is 3.96. The number of hydrogen-bond acceptors (Lipinski definition) is 2. The third-order valence-electron chi connectivity index (χ3n) is 2.66. The van der Waals surface area contributed by atoms with E-state index in [1.54, 1.807) is 0 Å². The van der Waals surface area contributed by atoms with E-state index in [0.717, 1.165) is 24.8 Å². The van der Waals surface area contributed by atoms with Gasteiger partial charge in [-0.2, -0.15) is 0 Å². The number of hydrogen-bond donors (Lipinski definition) is 0. The van der Waals surface area contributed by atoms with Crippen molar-refractivity contribution < 1.29 is 9.53 Å². The van der Waals surface area contributed by atoms with E-state index >= 15 is 0 Å². The lowest BCUT2D eigenvalue weighted by atomic mass is 9.98. The molecule has 2 nitrogen and oxygen atoms in total. The molecule has 0 saturated heterocycles. The van der Waals surface area contributed by atoms with Gasteiger partial charge in [-0.25, -0.2) is 4.79 Å². The third-order valence-corrected chi connectivity index (χ3v) is 2.66. The van der Waals surface area contributed by atoms with Crippen LogP contribution in [0.25, 0.3) is 0 Å². The Labute approximate surface area is 86.3 Å². The van der Waals surface area contributed by atoms with Crippen molar-refractivity contribution in [2.24, 2.45) is 0 Å². The van der Waals surface area contributed by atoms with Gasteiger partial charge in [0.1, 0.15) is 6.10 Å². The molecule has 0 aromatic heterocycles. The second-order valence-corrected chi connectivity index (χ2v) is 3.96. The summed E-state index contributed by atoms with van der Waals surface area (Å²) in [5.41, 5.74) is 0.748. The van der Waals surface area contributed by atoms with E-state index in [1.165, 1.54) is 19.3 Å². The highest BCUT2D eigenvalue weighted by Gasteiger charge is 2.17. The minimum absolute atomic E-state index is 0.126. The monoisotopic (exact) mass is 196 g/mol. The Morgan fingerprint density at radius 1 is 1.36 bits per heavy atom. The van der Waals surface area contributed by atoms with Crippen LogP contribution >= 0.6 is 0 Å². The zero-order valence-electron chi connectivity index (χ0n) is 9.21. The number of carbonyl (C=O) groups excluding carboxylic acids is 1. The molecule has 1 aliphatic rings. The summed E-state index contributed by atoms with van der Waals surface area (Å²) in [7, 11) is 0. The van der Waals surface area contributed by atoms with Gasteiger partial charge < -0.3 is 4.74 Å². The molecule has 0 heterocycles. The standard InChI is InChI=1S/C12H20O2/c1-3-7-10(2)12(13)14-11-8-5-4-6-9-11/h7,11H,3-6,8-9H2,1-2H3. The van der Waals surface area contributed by atoms with Gasteiger partial charge in [-0.3, -0.25) is 0 Å². The smallest absolute Gasteiger partial charge is 0.333 e. The minimum Gasteiger partial charge on any atom is -0.459 e. The predicted molar refractivity (Wildman–Crippen MR) is 57.0 cm³/mol. The van der Waals surface area contributed by atoms with Gasteiger partial charge in [0.05, 0.1) is 0 Å². The first-order valence-corrected chi connectivity index (χ1v) is 5.61. The van der Waals surface area contributed by atoms with Crippen LogP contribution in [0.2, 0.25) is 0 Å². The molecule has 0 radical (unpaired) electrons. The summed E-state index contributed by atoms with van der Waals surface area (Å²) in [5.74, 6) is -0.126. The van der Waals surface area contributed by atoms with Crippen molar-refractivity contribution in [3.63, 3.8) is 0 Å². The van der Waals surface area contributed by atoms with Crippen LogP contribution in [0.4, 0.5) is 0 Å². The number of allylic oxidation sites excluding steroid dienone is 1. The number of esters is 1. The molecule has 1 fully saturated rings. The Morgan fingerprint density at radius 3 is 2.57 bits per heavy atom. The van der Waals surface area contributed by atoms with Crippen molar-refractivity contribution in [1.29, 1.82) is 0 Å². The molecule has 0 N–H and O–H groups in total. The summed E-state index contributed by atoms with van der Waals surface area (Å²) >= 11 is 0. The molecule has 1 rings (SSSR count). The molecule has 0 aromatic rings. The first-order chi connectivity index (χ1) is 6.74. The third kappa shape index (κ3) is 3.52. The summed E-state index contributed by atoms with van der Waals surface area (Å²) in [4.78, 5) is 11.5. The van der Waals surface area contributed by atoms with Crippen LogP contribution in [0, 0.1) is 0 Å². The fraction of sp³-hybridized carbons (Fsp3) is 0.750. The highest BCUT2D eigenvalue weighted by Crippen LogP contribution is 2.21. The molecule has 1 saturated carbocycles. The SMILES string of the molecule is CCC=C(C)C(=O)OC1CCCCC1. The largest absolute Gasteiger partial charge is 0.459 e. The van der Waals surface area contributed by atoms with Gasteiger partial charge >= 0.3 is 5.97 Å². The Kier molecular flexibility index (Phi) is 4.71. The lowest BCUT2D eigenvalue weighted by Gasteiger charge is -2.21. The first-order valence-electron chi connectivity index (χ1n) is 5.61. The molecule has 0 atom stereocenters. The van der Waals surface area contributed by atoms with Crippen molar-refractivity contribution in [1.82, 2.24) is 0 Å². The quantitative estimate of drug-likeness (QED) is 0.511. The van der Waals surface area contributed by atoms with Crippen LogP contribution in [0.15, 0.2) is 11.6 Å². The van der Waals surface area contributed by atoms with E-state index in [-0.39, 0.29) is 12.1 Å². The maximum absolute atomic E-state index is 11.5. The predicted octanol–water partition coefficient (Wildman–Crippen LogP) is 3.22. The molecule has 14 heavy (non-hydrogen) atoms. The van der Waals surface area contributed by atoms with E-state index in [9.17, 15) is 4.79 Å². The summed E-state index contributed by atoms with van der Waals surface area (Å²) in [6.45, 7) is 3.85. The molecule has 80 valence electrons. The highest BCUT2D eigenvalue weighted by molar-refractivity contribution is 5.87. The molecule has 0 bridgehead atoms. The van der Waals surface area contributed by atoms with E-state index in [0.29, 0.717) is 0 Å². The topological polar surface area (TPSA) is 26.3 Å². The molecule has 0 unspecified atom stereocenters.